The first-order valence-electron chi connectivity index (χ1n) is 7.92. The zero-order chi connectivity index (χ0) is 17.4. The third kappa shape index (κ3) is 5.42. The highest BCUT2D eigenvalue weighted by Gasteiger charge is 2.07. The van der Waals surface area contributed by atoms with Crippen molar-refractivity contribution in [1.29, 1.82) is 0 Å². The second kappa shape index (κ2) is 8.71. The van der Waals surface area contributed by atoms with Crippen LogP contribution in [0.5, 0.6) is 5.75 Å². The van der Waals surface area contributed by atoms with E-state index in [1.165, 1.54) is 0 Å². The Hall–Kier alpha value is -2.83. The molecule has 1 aromatic heterocycles. The van der Waals surface area contributed by atoms with E-state index in [0.29, 0.717) is 17.3 Å². The Labute approximate surface area is 141 Å². The summed E-state index contributed by atoms with van der Waals surface area (Å²) in [5, 5.41) is 8.60. The average molecular weight is 329 g/mol. The molecule has 1 heterocycles. The van der Waals surface area contributed by atoms with Crippen LogP contribution in [0.2, 0.25) is 0 Å². The number of methoxy groups -OCH3 is 1. The quantitative estimate of drug-likeness (QED) is 0.675. The van der Waals surface area contributed by atoms with Gasteiger partial charge in [0.2, 0.25) is 5.95 Å². The maximum Gasteiger partial charge on any atom is 0.326 e. The molecule has 1 aromatic carbocycles. The molecule has 0 fully saturated rings. The maximum atomic E-state index is 12.1. The fourth-order valence-corrected chi connectivity index (χ4v) is 2.07. The molecule has 2 amide bonds. The van der Waals surface area contributed by atoms with Gasteiger partial charge in [-0.1, -0.05) is 19.4 Å². The van der Waals surface area contributed by atoms with E-state index in [2.05, 4.69) is 32.8 Å². The van der Waals surface area contributed by atoms with Crippen molar-refractivity contribution in [2.24, 2.45) is 0 Å². The van der Waals surface area contributed by atoms with Crippen LogP contribution in [-0.2, 0) is 0 Å². The van der Waals surface area contributed by atoms with Crippen LogP contribution < -0.4 is 20.7 Å². The minimum atomic E-state index is -0.409. The summed E-state index contributed by atoms with van der Waals surface area (Å²) in [5.41, 5.74) is 1.40. The lowest BCUT2D eigenvalue weighted by Gasteiger charge is -2.10. The van der Waals surface area contributed by atoms with Crippen LogP contribution >= 0.6 is 0 Å². The number of aromatic nitrogens is 2. The van der Waals surface area contributed by atoms with E-state index in [1.54, 1.807) is 31.4 Å². The Morgan fingerprint density at radius 1 is 1.21 bits per heavy atom. The van der Waals surface area contributed by atoms with Crippen LogP contribution in [0.1, 0.15) is 25.5 Å². The molecule has 2 aromatic rings. The van der Waals surface area contributed by atoms with E-state index in [1.807, 2.05) is 13.0 Å². The van der Waals surface area contributed by atoms with E-state index >= 15 is 0 Å². The normalized spacial score (nSPS) is 10.1. The first-order valence-corrected chi connectivity index (χ1v) is 7.92. The molecule has 3 N–H and O–H groups in total. The number of nitrogens with one attached hydrogen (secondary N) is 3. The van der Waals surface area contributed by atoms with Gasteiger partial charge in [0.05, 0.1) is 7.11 Å². The second-order valence-corrected chi connectivity index (χ2v) is 5.31. The van der Waals surface area contributed by atoms with Crippen LogP contribution in [0.3, 0.4) is 0 Å². The van der Waals surface area contributed by atoms with Gasteiger partial charge in [-0.2, -0.15) is 4.98 Å². The summed E-state index contributed by atoms with van der Waals surface area (Å²) in [7, 11) is 1.58. The topological polar surface area (TPSA) is 88.2 Å². The minimum absolute atomic E-state index is 0.259. The van der Waals surface area contributed by atoms with Gasteiger partial charge in [-0.15, -0.1) is 0 Å². The van der Waals surface area contributed by atoms with Crippen molar-refractivity contribution in [2.75, 3.05) is 29.6 Å². The van der Waals surface area contributed by atoms with E-state index in [0.717, 1.165) is 25.1 Å². The molecule has 2 rings (SSSR count). The molecule has 7 nitrogen and oxygen atoms in total. The Bertz CT molecular complexity index is 690. The number of nitrogens with zero attached hydrogens (tertiary/aromatic N) is 2. The molecule has 0 spiro atoms. The lowest BCUT2D eigenvalue weighted by molar-refractivity contribution is 0.262. The van der Waals surface area contributed by atoms with Crippen LogP contribution in [0.25, 0.3) is 0 Å². The van der Waals surface area contributed by atoms with Gasteiger partial charge < -0.3 is 15.4 Å². The maximum absolute atomic E-state index is 12.1. The molecule has 0 radical (unpaired) electrons. The van der Waals surface area contributed by atoms with Gasteiger partial charge >= 0.3 is 6.03 Å². The number of urea groups is 1. The van der Waals surface area contributed by atoms with Crippen LogP contribution in [0.15, 0.2) is 30.3 Å². The highest BCUT2D eigenvalue weighted by atomic mass is 16.5. The molecule has 7 heteroatoms. The fourth-order valence-electron chi connectivity index (χ4n) is 2.07. The van der Waals surface area contributed by atoms with Crippen molar-refractivity contribution in [3.63, 3.8) is 0 Å². The monoisotopic (exact) mass is 329 g/mol. The molecule has 0 saturated heterocycles. The number of hydrogen-bond donors (Lipinski definition) is 3. The summed E-state index contributed by atoms with van der Waals surface area (Å²) < 4.78 is 5.13. The number of benzene rings is 1. The molecule has 128 valence electrons. The largest absolute Gasteiger partial charge is 0.497 e. The Morgan fingerprint density at radius 3 is 2.79 bits per heavy atom. The number of amides is 2. The van der Waals surface area contributed by atoms with Gasteiger partial charge in [-0.3, -0.25) is 5.32 Å². The smallest absolute Gasteiger partial charge is 0.326 e. The van der Waals surface area contributed by atoms with Crippen LogP contribution in [0, 0.1) is 6.92 Å². The fraction of sp³-hybridized carbons (Fsp3) is 0.353. The van der Waals surface area contributed by atoms with Crippen molar-refractivity contribution in [3.05, 3.63) is 36.0 Å². The van der Waals surface area contributed by atoms with Crippen LogP contribution in [0.4, 0.5) is 22.2 Å². The number of carbonyl (C=O) groups is 1. The van der Waals surface area contributed by atoms with Crippen molar-refractivity contribution in [2.45, 2.75) is 26.7 Å². The number of rotatable bonds is 7. The predicted molar refractivity (Wildman–Crippen MR) is 95.8 cm³/mol. The standard InChI is InChI=1S/C17H23N5O2/c1-4-5-9-18-15-10-12(2)19-16(21-15)22-17(23)20-13-7-6-8-14(11-13)24-3/h6-8,10-11H,4-5,9H2,1-3H3,(H3,18,19,20,21,22,23). The summed E-state index contributed by atoms with van der Waals surface area (Å²) in [4.78, 5) is 20.6. The van der Waals surface area contributed by atoms with Crippen molar-refractivity contribution in [3.8, 4) is 5.75 Å². The summed E-state index contributed by atoms with van der Waals surface area (Å²) in [6, 6.07) is 8.55. The van der Waals surface area contributed by atoms with Crippen molar-refractivity contribution in [1.82, 2.24) is 9.97 Å². The van der Waals surface area contributed by atoms with Crippen molar-refractivity contribution >= 4 is 23.5 Å². The molecule has 0 atom stereocenters. The van der Waals surface area contributed by atoms with Gasteiger partial charge in [0.25, 0.3) is 0 Å². The van der Waals surface area contributed by atoms with Gasteiger partial charge in [0.15, 0.2) is 0 Å². The van der Waals surface area contributed by atoms with E-state index in [9.17, 15) is 4.79 Å². The molecule has 0 aliphatic carbocycles. The SMILES string of the molecule is CCCCNc1cc(C)nc(NC(=O)Nc2cccc(OC)c2)n1. The minimum Gasteiger partial charge on any atom is -0.497 e. The van der Waals surface area contributed by atoms with Gasteiger partial charge in [0, 0.05) is 30.1 Å². The molecule has 0 bridgehead atoms. The predicted octanol–water partition coefficient (Wildman–Crippen LogP) is 3.65. The first kappa shape index (κ1) is 17.5. The highest BCUT2D eigenvalue weighted by Crippen LogP contribution is 2.17. The Morgan fingerprint density at radius 2 is 2.04 bits per heavy atom. The zero-order valence-electron chi connectivity index (χ0n) is 14.2. The molecule has 24 heavy (non-hydrogen) atoms. The second-order valence-electron chi connectivity index (χ2n) is 5.31. The molecular weight excluding hydrogens is 306 g/mol. The van der Waals surface area contributed by atoms with Gasteiger partial charge in [0.1, 0.15) is 11.6 Å². The van der Waals surface area contributed by atoms with E-state index in [-0.39, 0.29) is 5.95 Å². The molecule has 0 aliphatic rings. The lowest BCUT2D eigenvalue weighted by atomic mass is 10.3. The lowest BCUT2D eigenvalue weighted by Crippen LogP contribution is -2.21. The highest BCUT2D eigenvalue weighted by molar-refractivity contribution is 5.98. The summed E-state index contributed by atoms with van der Waals surface area (Å²) in [6.45, 7) is 4.82. The summed E-state index contributed by atoms with van der Waals surface area (Å²) in [5.74, 6) is 1.63. The molecule has 0 unspecified atom stereocenters. The van der Waals surface area contributed by atoms with E-state index < -0.39 is 6.03 Å². The molecule has 0 saturated carbocycles. The average Bonchev–Trinajstić information content (AvgIpc) is 2.54. The van der Waals surface area contributed by atoms with Gasteiger partial charge in [-0.05, 0) is 25.5 Å². The van der Waals surface area contributed by atoms with Crippen molar-refractivity contribution < 1.29 is 9.53 Å². The summed E-state index contributed by atoms with van der Waals surface area (Å²) >= 11 is 0. The number of anilines is 3. The third-order valence-electron chi connectivity index (χ3n) is 3.24. The number of hydrogen-bond acceptors (Lipinski definition) is 5. The zero-order valence-corrected chi connectivity index (χ0v) is 14.2. The molecular formula is C17H23N5O2. The van der Waals surface area contributed by atoms with Gasteiger partial charge in [-0.25, -0.2) is 9.78 Å². The number of unbranched alkanes of at least 4 members (excludes halogenated alkanes) is 1. The number of aryl methyl sites for hydroxylation is 1. The van der Waals surface area contributed by atoms with Crippen LogP contribution in [-0.4, -0.2) is 29.7 Å². The summed E-state index contributed by atoms with van der Waals surface area (Å²) in [6.07, 6.45) is 2.16. The number of carbonyl (C=O) groups excluding carboxylic acids is 1. The Balaban J connectivity index is 1.99. The Kier molecular flexibility index (Phi) is 6.36. The number of ether oxygens (including phenoxy) is 1. The first-order chi connectivity index (χ1) is 11.6. The third-order valence-corrected chi connectivity index (χ3v) is 3.24. The van der Waals surface area contributed by atoms with E-state index in [4.69, 9.17) is 4.74 Å². The molecule has 0 aliphatic heterocycles.